The van der Waals surface area contributed by atoms with Crippen molar-refractivity contribution in [2.75, 3.05) is 7.11 Å². The Balaban J connectivity index is 3.18. The molecular weight excluding hydrogens is 260 g/mol. The van der Waals surface area contributed by atoms with E-state index >= 15 is 0 Å². The maximum atomic E-state index is 10.7. The van der Waals surface area contributed by atoms with Crippen LogP contribution in [0.5, 0.6) is 5.75 Å². The van der Waals surface area contributed by atoms with Crippen molar-refractivity contribution in [3.63, 3.8) is 0 Å². The van der Waals surface area contributed by atoms with E-state index in [1.54, 1.807) is 7.11 Å². The molecule has 1 aromatic rings. The van der Waals surface area contributed by atoms with Gasteiger partial charge in [-0.05, 0) is 24.1 Å². The second kappa shape index (κ2) is 5.16. The Morgan fingerprint density at radius 1 is 1.53 bits per heavy atom. The zero-order valence-electron chi connectivity index (χ0n) is 8.71. The number of benzene rings is 1. The number of carboxylic acids is 1. The van der Waals surface area contributed by atoms with Gasteiger partial charge in [0.05, 0.1) is 13.5 Å². The lowest BCUT2D eigenvalue weighted by Gasteiger charge is -2.11. The van der Waals surface area contributed by atoms with Crippen LogP contribution >= 0.6 is 15.9 Å². The number of carboxylic acid groups (broad SMARTS) is 1. The van der Waals surface area contributed by atoms with E-state index in [9.17, 15) is 4.79 Å². The van der Waals surface area contributed by atoms with Gasteiger partial charge < -0.3 is 9.84 Å². The predicted octanol–water partition coefficient (Wildman–Crippen LogP) is 2.53. The van der Waals surface area contributed by atoms with Gasteiger partial charge in [-0.3, -0.25) is 4.79 Å². The molecule has 0 aliphatic carbocycles. The normalized spacial score (nSPS) is 10.1. The molecule has 1 aromatic carbocycles. The van der Waals surface area contributed by atoms with Crippen LogP contribution in [0, 0.1) is 6.92 Å². The van der Waals surface area contributed by atoms with Gasteiger partial charge in [-0.25, -0.2) is 0 Å². The second-order valence-corrected chi connectivity index (χ2v) is 3.86. The van der Waals surface area contributed by atoms with Crippen LogP contribution in [0.4, 0.5) is 0 Å². The molecule has 1 N–H and O–H groups in total. The van der Waals surface area contributed by atoms with Gasteiger partial charge in [-0.15, -0.1) is 0 Å². The molecule has 0 heterocycles. The maximum absolute atomic E-state index is 10.7. The molecule has 0 radical (unpaired) electrons. The van der Waals surface area contributed by atoms with Crippen molar-refractivity contribution >= 4 is 21.9 Å². The minimum atomic E-state index is -0.844. The number of hydrogen-bond donors (Lipinski definition) is 1. The second-order valence-electron chi connectivity index (χ2n) is 3.30. The first-order chi connectivity index (χ1) is 7.08. The molecule has 0 spiro atoms. The number of aryl methyl sites for hydroxylation is 1. The number of ether oxygens (including phenoxy) is 1. The first kappa shape index (κ1) is 12.0. The van der Waals surface area contributed by atoms with E-state index in [1.165, 1.54) is 0 Å². The summed E-state index contributed by atoms with van der Waals surface area (Å²) in [4.78, 5) is 10.7. The molecule has 4 heteroatoms. The first-order valence-electron chi connectivity index (χ1n) is 4.52. The van der Waals surface area contributed by atoms with Crippen LogP contribution in [-0.4, -0.2) is 18.2 Å². The van der Waals surface area contributed by atoms with Crippen molar-refractivity contribution in [2.45, 2.75) is 18.7 Å². The average molecular weight is 273 g/mol. The van der Waals surface area contributed by atoms with Gasteiger partial charge in [0.25, 0.3) is 0 Å². The number of alkyl halides is 1. The molecule has 0 aliphatic heterocycles. The fourth-order valence-corrected chi connectivity index (χ4v) is 1.82. The Kier molecular flexibility index (Phi) is 4.15. The molecule has 0 fully saturated rings. The Labute approximate surface area is 97.2 Å². The number of halogens is 1. The fourth-order valence-electron chi connectivity index (χ4n) is 1.49. The molecular formula is C11H13BrO3. The van der Waals surface area contributed by atoms with Crippen molar-refractivity contribution < 1.29 is 14.6 Å². The Hall–Kier alpha value is -1.03. The van der Waals surface area contributed by atoms with Crippen molar-refractivity contribution in [3.8, 4) is 5.75 Å². The van der Waals surface area contributed by atoms with E-state index in [-0.39, 0.29) is 6.42 Å². The standard InChI is InChI=1S/C11H13BrO3/c1-7-3-8(6-12)4-10(15-2)9(7)5-11(13)14/h3-4H,5-6H2,1-2H3,(H,13,14). The number of methoxy groups -OCH3 is 1. The third-order valence-electron chi connectivity index (χ3n) is 2.19. The molecule has 1 rings (SSSR count). The third-order valence-corrected chi connectivity index (χ3v) is 2.84. The predicted molar refractivity (Wildman–Crippen MR) is 61.7 cm³/mol. The summed E-state index contributed by atoms with van der Waals surface area (Å²) in [6.07, 6.45) is -0.00241. The molecule has 0 atom stereocenters. The SMILES string of the molecule is COc1cc(CBr)cc(C)c1CC(=O)O. The van der Waals surface area contributed by atoms with Crippen LogP contribution in [0.2, 0.25) is 0 Å². The van der Waals surface area contributed by atoms with E-state index in [1.807, 2.05) is 19.1 Å². The lowest BCUT2D eigenvalue weighted by atomic mass is 10.0. The topological polar surface area (TPSA) is 46.5 Å². The van der Waals surface area contributed by atoms with Gasteiger partial charge in [0.2, 0.25) is 0 Å². The smallest absolute Gasteiger partial charge is 0.307 e. The summed E-state index contributed by atoms with van der Waals surface area (Å²) >= 11 is 3.36. The Morgan fingerprint density at radius 3 is 2.67 bits per heavy atom. The largest absolute Gasteiger partial charge is 0.496 e. The van der Waals surface area contributed by atoms with Crippen LogP contribution in [0.1, 0.15) is 16.7 Å². The fraction of sp³-hybridized carbons (Fsp3) is 0.364. The van der Waals surface area contributed by atoms with Gasteiger partial charge >= 0.3 is 5.97 Å². The highest BCUT2D eigenvalue weighted by Crippen LogP contribution is 2.26. The molecule has 0 aromatic heterocycles. The molecule has 0 bridgehead atoms. The van der Waals surface area contributed by atoms with Crippen LogP contribution in [-0.2, 0) is 16.5 Å². The average Bonchev–Trinajstić information content (AvgIpc) is 2.20. The Bertz CT molecular complexity index is 374. The van der Waals surface area contributed by atoms with E-state index < -0.39 is 5.97 Å². The summed E-state index contributed by atoms with van der Waals surface area (Å²) in [5.74, 6) is -0.199. The molecule has 82 valence electrons. The summed E-state index contributed by atoms with van der Waals surface area (Å²) in [5, 5.41) is 9.51. The van der Waals surface area contributed by atoms with Crippen molar-refractivity contribution in [1.82, 2.24) is 0 Å². The highest BCUT2D eigenvalue weighted by molar-refractivity contribution is 9.08. The van der Waals surface area contributed by atoms with Crippen molar-refractivity contribution in [1.29, 1.82) is 0 Å². The molecule has 0 amide bonds. The monoisotopic (exact) mass is 272 g/mol. The molecule has 0 saturated carbocycles. The summed E-state index contributed by atoms with van der Waals surface area (Å²) in [5.41, 5.74) is 2.78. The van der Waals surface area contributed by atoms with Gasteiger partial charge in [0.15, 0.2) is 0 Å². The van der Waals surface area contributed by atoms with E-state index in [2.05, 4.69) is 15.9 Å². The summed E-state index contributed by atoms with van der Waals surface area (Å²) < 4.78 is 5.19. The van der Waals surface area contributed by atoms with Crippen molar-refractivity contribution in [2.24, 2.45) is 0 Å². The van der Waals surface area contributed by atoms with Crippen LogP contribution < -0.4 is 4.74 Å². The van der Waals surface area contributed by atoms with E-state index in [0.717, 1.165) is 22.0 Å². The summed E-state index contributed by atoms with van der Waals surface area (Å²) in [6, 6.07) is 3.83. The molecule has 0 unspecified atom stereocenters. The van der Waals surface area contributed by atoms with Crippen LogP contribution in [0.25, 0.3) is 0 Å². The lowest BCUT2D eigenvalue weighted by Crippen LogP contribution is -2.05. The zero-order valence-corrected chi connectivity index (χ0v) is 10.3. The number of rotatable bonds is 4. The minimum absolute atomic E-state index is 0.00241. The van der Waals surface area contributed by atoms with Crippen LogP contribution in [0.3, 0.4) is 0 Å². The highest BCUT2D eigenvalue weighted by atomic mass is 79.9. The van der Waals surface area contributed by atoms with E-state index in [4.69, 9.17) is 9.84 Å². The van der Waals surface area contributed by atoms with Gasteiger partial charge in [0, 0.05) is 10.9 Å². The number of carbonyl (C=O) groups is 1. The molecule has 3 nitrogen and oxygen atoms in total. The van der Waals surface area contributed by atoms with Crippen molar-refractivity contribution in [3.05, 3.63) is 28.8 Å². The first-order valence-corrected chi connectivity index (χ1v) is 5.64. The van der Waals surface area contributed by atoms with Gasteiger partial charge in [-0.2, -0.15) is 0 Å². The molecule has 15 heavy (non-hydrogen) atoms. The molecule has 0 saturated heterocycles. The van der Waals surface area contributed by atoms with E-state index in [0.29, 0.717) is 5.75 Å². The third kappa shape index (κ3) is 2.96. The minimum Gasteiger partial charge on any atom is -0.496 e. The number of aliphatic carboxylic acids is 1. The zero-order chi connectivity index (χ0) is 11.4. The highest BCUT2D eigenvalue weighted by Gasteiger charge is 2.11. The van der Waals surface area contributed by atoms with Gasteiger partial charge in [0.1, 0.15) is 5.75 Å². The Morgan fingerprint density at radius 2 is 2.20 bits per heavy atom. The quantitative estimate of drug-likeness (QED) is 0.857. The summed E-state index contributed by atoms with van der Waals surface area (Å²) in [6.45, 7) is 1.90. The van der Waals surface area contributed by atoms with Gasteiger partial charge in [-0.1, -0.05) is 22.0 Å². The maximum Gasteiger partial charge on any atom is 0.307 e. The molecule has 0 aliphatic rings. The lowest BCUT2D eigenvalue weighted by molar-refractivity contribution is -0.136. The summed E-state index contributed by atoms with van der Waals surface area (Å²) in [7, 11) is 1.55. The van der Waals surface area contributed by atoms with Crippen LogP contribution in [0.15, 0.2) is 12.1 Å². The number of hydrogen-bond acceptors (Lipinski definition) is 2.